The van der Waals surface area contributed by atoms with E-state index in [1.54, 1.807) is 24.5 Å². The van der Waals surface area contributed by atoms with E-state index in [9.17, 15) is 9.90 Å². The van der Waals surface area contributed by atoms with Crippen LogP contribution in [-0.4, -0.2) is 50.6 Å². The smallest absolute Gasteiger partial charge is 0.344 e. The van der Waals surface area contributed by atoms with Crippen LogP contribution >= 0.6 is 0 Å². The van der Waals surface area contributed by atoms with Gasteiger partial charge in [0.25, 0.3) is 0 Å². The molecule has 0 unspecified atom stereocenters. The van der Waals surface area contributed by atoms with E-state index in [1.807, 2.05) is 18.2 Å². The van der Waals surface area contributed by atoms with Crippen LogP contribution in [0.15, 0.2) is 42.7 Å². The van der Waals surface area contributed by atoms with Crippen LogP contribution in [0.25, 0.3) is 10.9 Å². The zero-order valence-corrected chi connectivity index (χ0v) is 14.9. The summed E-state index contributed by atoms with van der Waals surface area (Å²) < 4.78 is 5.48. The monoisotopic (exact) mass is 370 g/mol. The van der Waals surface area contributed by atoms with Crippen molar-refractivity contribution in [2.24, 2.45) is 0 Å². The summed E-state index contributed by atoms with van der Waals surface area (Å²) in [4.78, 5) is 15.0. The van der Waals surface area contributed by atoms with Crippen LogP contribution in [0.3, 0.4) is 0 Å². The van der Waals surface area contributed by atoms with E-state index in [0.29, 0.717) is 30.8 Å². The molecule has 27 heavy (non-hydrogen) atoms. The van der Waals surface area contributed by atoms with Gasteiger partial charge in [0.2, 0.25) is 0 Å². The number of hydrogen-bond donors (Lipinski definition) is 4. The first-order valence-corrected chi connectivity index (χ1v) is 8.70. The van der Waals surface area contributed by atoms with Crippen LogP contribution in [-0.2, 0) is 11.2 Å². The Hall–Kier alpha value is -2.97. The molecule has 3 aromatic rings. The Bertz CT molecular complexity index is 897. The van der Waals surface area contributed by atoms with Gasteiger partial charge in [0.1, 0.15) is 11.3 Å². The van der Waals surface area contributed by atoms with Crippen LogP contribution in [0.2, 0.25) is 0 Å². The maximum absolute atomic E-state index is 11.0. The molecule has 0 radical (unpaired) electrons. The minimum Gasteiger partial charge on any atom is -0.479 e. The number of aromatic nitrogens is 3. The fraction of sp³-hybridized carbons (Fsp3) is 0.316. The number of carbonyl (C=O) groups is 1. The van der Waals surface area contributed by atoms with E-state index in [2.05, 4.69) is 20.5 Å². The number of para-hydroxylation sites is 1. The lowest BCUT2D eigenvalue weighted by atomic mass is 10.1. The number of nitrogens with zero attached hydrogens (tertiary/aromatic N) is 2. The van der Waals surface area contributed by atoms with Gasteiger partial charge in [-0.2, -0.15) is 5.10 Å². The van der Waals surface area contributed by atoms with E-state index >= 15 is 0 Å². The predicted molar refractivity (Wildman–Crippen MR) is 99.6 cm³/mol. The molecule has 0 bridgehead atoms. The highest BCUT2D eigenvalue weighted by Gasteiger charge is 2.16. The van der Waals surface area contributed by atoms with Gasteiger partial charge in [-0.15, -0.1) is 0 Å². The molecule has 8 heteroatoms. The quantitative estimate of drug-likeness (QED) is 0.423. The molecule has 4 N–H and O–H groups in total. The van der Waals surface area contributed by atoms with Crippen LogP contribution in [0.1, 0.15) is 24.3 Å². The Morgan fingerprint density at radius 1 is 1.33 bits per heavy atom. The van der Waals surface area contributed by atoms with Gasteiger partial charge in [-0.05, 0) is 19.1 Å². The fourth-order valence-corrected chi connectivity index (χ4v) is 2.74. The minimum atomic E-state index is -1.02. The van der Waals surface area contributed by atoms with E-state index in [0.717, 1.165) is 16.6 Å². The average molecular weight is 370 g/mol. The van der Waals surface area contributed by atoms with Crippen molar-refractivity contribution in [3.05, 3.63) is 54.0 Å². The molecule has 0 saturated heterocycles. The van der Waals surface area contributed by atoms with Crippen LogP contribution in [0.5, 0.6) is 5.75 Å². The first-order chi connectivity index (χ1) is 13.1. The Labute approximate surface area is 156 Å². The number of pyridine rings is 1. The molecule has 0 amide bonds. The zero-order valence-electron chi connectivity index (χ0n) is 14.9. The summed E-state index contributed by atoms with van der Waals surface area (Å²) in [5, 5.41) is 30.5. The van der Waals surface area contributed by atoms with Crippen molar-refractivity contribution in [2.75, 3.05) is 13.1 Å². The summed E-state index contributed by atoms with van der Waals surface area (Å²) >= 11 is 0. The molecule has 1 aromatic carbocycles. The van der Waals surface area contributed by atoms with Gasteiger partial charge in [0.15, 0.2) is 6.10 Å². The lowest BCUT2D eigenvalue weighted by Gasteiger charge is -2.11. The summed E-state index contributed by atoms with van der Waals surface area (Å²) in [6.07, 6.45) is 2.40. The number of aromatic amines is 1. The lowest BCUT2D eigenvalue weighted by molar-refractivity contribution is -0.144. The first-order valence-electron chi connectivity index (χ1n) is 8.70. The normalized spacial score (nSPS) is 13.4. The third kappa shape index (κ3) is 4.60. The number of hydrogen-bond acceptors (Lipinski definition) is 6. The van der Waals surface area contributed by atoms with E-state index in [4.69, 9.17) is 9.84 Å². The number of aliphatic carboxylic acids is 1. The Balaban J connectivity index is 1.59. The van der Waals surface area contributed by atoms with Crippen molar-refractivity contribution in [2.45, 2.75) is 25.6 Å². The molecule has 0 aliphatic carbocycles. The average Bonchev–Trinajstić information content (AvgIpc) is 3.10. The number of rotatable bonds is 9. The summed E-state index contributed by atoms with van der Waals surface area (Å²) in [6, 6.07) is 9.06. The second-order valence-electron chi connectivity index (χ2n) is 6.20. The van der Waals surface area contributed by atoms with Crippen molar-refractivity contribution in [3.63, 3.8) is 0 Å². The molecular formula is C19H22N4O4. The van der Waals surface area contributed by atoms with Gasteiger partial charge in [0, 0.05) is 42.9 Å². The van der Waals surface area contributed by atoms with Gasteiger partial charge in [-0.25, -0.2) is 4.79 Å². The molecule has 2 atom stereocenters. The van der Waals surface area contributed by atoms with Crippen LogP contribution in [0, 0.1) is 0 Å². The number of ether oxygens (including phenoxy) is 1. The molecule has 8 nitrogen and oxygen atoms in total. The molecule has 0 aliphatic rings. The molecule has 0 saturated carbocycles. The van der Waals surface area contributed by atoms with Crippen molar-refractivity contribution in [3.8, 4) is 5.75 Å². The van der Waals surface area contributed by atoms with E-state index in [1.165, 1.54) is 6.92 Å². The Morgan fingerprint density at radius 2 is 2.19 bits per heavy atom. The summed E-state index contributed by atoms with van der Waals surface area (Å²) in [6.45, 7) is 2.53. The van der Waals surface area contributed by atoms with Crippen LogP contribution < -0.4 is 10.1 Å². The number of carboxylic acids is 1. The zero-order chi connectivity index (χ0) is 19.2. The molecule has 0 spiro atoms. The molecule has 2 heterocycles. The topological polar surface area (TPSA) is 120 Å². The van der Waals surface area contributed by atoms with Gasteiger partial charge in [-0.1, -0.05) is 18.2 Å². The number of aliphatic hydroxyl groups excluding tert-OH is 1. The molecule has 3 rings (SSSR count). The second kappa shape index (κ2) is 8.61. The van der Waals surface area contributed by atoms with Crippen molar-refractivity contribution in [1.82, 2.24) is 20.5 Å². The first kappa shape index (κ1) is 18.8. The highest BCUT2D eigenvalue weighted by atomic mass is 16.5. The number of H-pyrrole nitrogens is 1. The molecule has 142 valence electrons. The van der Waals surface area contributed by atoms with Crippen molar-refractivity contribution in [1.29, 1.82) is 0 Å². The number of benzene rings is 1. The highest BCUT2D eigenvalue weighted by molar-refractivity contribution is 5.87. The molecule has 0 aliphatic heterocycles. The summed E-state index contributed by atoms with van der Waals surface area (Å²) in [7, 11) is 0. The fourth-order valence-electron chi connectivity index (χ4n) is 2.74. The third-order valence-corrected chi connectivity index (χ3v) is 4.24. The second-order valence-corrected chi connectivity index (χ2v) is 6.20. The van der Waals surface area contributed by atoms with E-state index in [-0.39, 0.29) is 0 Å². The third-order valence-electron chi connectivity index (χ3n) is 4.24. The van der Waals surface area contributed by atoms with Crippen LogP contribution in [0.4, 0.5) is 0 Å². The number of fused-ring (bicyclic) bond motifs is 1. The number of carboxylic acid groups (broad SMARTS) is 1. The summed E-state index contributed by atoms with van der Waals surface area (Å²) in [5.74, 6) is -0.566. The largest absolute Gasteiger partial charge is 0.479 e. The predicted octanol–water partition coefficient (Wildman–Crippen LogP) is 1.68. The molecule has 0 fully saturated rings. The molecule has 2 aromatic heterocycles. The van der Waals surface area contributed by atoms with Gasteiger partial charge >= 0.3 is 5.97 Å². The van der Waals surface area contributed by atoms with Gasteiger partial charge < -0.3 is 20.3 Å². The molecular weight excluding hydrogens is 348 g/mol. The maximum Gasteiger partial charge on any atom is 0.344 e. The maximum atomic E-state index is 11.0. The van der Waals surface area contributed by atoms with Crippen molar-refractivity contribution < 1.29 is 19.7 Å². The number of nitrogens with one attached hydrogen (secondary N) is 2. The Morgan fingerprint density at radius 3 is 2.93 bits per heavy atom. The van der Waals surface area contributed by atoms with Gasteiger partial charge in [-0.3, -0.25) is 10.1 Å². The SMILES string of the molecule is C[C@H](Oc1cccc2c(CCNC[C@@H](O)c3cccnc3)n[nH]c12)C(=O)O. The van der Waals surface area contributed by atoms with Gasteiger partial charge in [0.05, 0.1) is 11.8 Å². The van der Waals surface area contributed by atoms with Crippen molar-refractivity contribution >= 4 is 16.9 Å². The standard InChI is InChI=1S/C19H22N4O4/c1-12(19(25)26)27-17-6-2-5-14-15(22-23-18(14)17)7-9-21-11-16(24)13-4-3-8-20-10-13/h2-6,8,10,12,16,21,24H,7,9,11H2,1H3,(H,22,23)(H,25,26)/t12-,16+/m0/s1. The number of aliphatic hydroxyl groups is 1. The van der Waals surface area contributed by atoms with E-state index < -0.39 is 18.2 Å². The Kier molecular flexibility index (Phi) is 6.00. The highest BCUT2D eigenvalue weighted by Crippen LogP contribution is 2.26. The lowest BCUT2D eigenvalue weighted by Crippen LogP contribution is -2.24. The summed E-state index contributed by atoms with van der Waals surface area (Å²) in [5.41, 5.74) is 2.29. The minimum absolute atomic E-state index is 0.415.